The molecular weight excluding hydrogens is 444 g/mol. The van der Waals surface area contributed by atoms with Gasteiger partial charge in [-0.1, -0.05) is 67.6 Å². The largest absolute Gasteiger partial charge is 0.352 e. The fourth-order valence-corrected chi connectivity index (χ4v) is 4.11. The molecule has 0 unspecified atom stereocenters. The number of hydrogen-bond donors (Lipinski definition) is 0. The maximum absolute atomic E-state index is 15.0. The summed E-state index contributed by atoms with van der Waals surface area (Å²) in [6.45, 7) is 4.26. The van der Waals surface area contributed by atoms with E-state index in [0.717, 1.165) is 0 Å². The first-order chi connectivity index (χ1) is 16.4. The van der Waals surface area contributed by atoms with Crippen LogP contribution < -0.4 is 0 Å². The normalized spacial score (nSPS) is 18.5. The Labute approximate surface area is 196 Å². The van der Waals surface area contributed by atoms with Crippen LogP contribution in [0.4, 0.5) is 17.6 Å². The van der Waals surface area contributed by atoms with Crippen LogP contribution in [0.1, 0.15) is 37.3 Å². The van der Waals surface area contributed by atoms with Gasteiger partial charge in [0.2, 0.25) is 0 Å². The van der Waals surface area contributed by atoms with E-state index in [9.17, 15) is 17.6 Å². The van der Waals surface area contributed by atoms with Gasteiger partial charge < -0.3 is 9.47 Å². The van der Waals surface area contributed by atoms with Crippen molar-refractivity contribution in [3.63, 3.8) is 0 Å². The number of halogens is 4. The molecule has 3 aromatic rings. The van der Waals surface area contributed by atoms with Gasteiger partial charge in [-0.15, -0.1) is 0 Å². The van der Waals surface area contributed by atoms with E-state index in [1.165, 1.54) is 12.1 Å². The molecule has 1 fully saturated rings. The van der Waals surface area contributed by atoms with Gasteiger partial charge in [0, 0.05) is 17.0 Å². The highest BCUT2D eigenvalue weighted by molar-refractivity contribution is 5.71. The summed E-state index contributed by atoms with van der Waals surface area (Å²) in [6.07, 6.45) is 4.20. The maximum Gasteiger partial charge on any atom is 0.166 e. The van der Waals surface area contributed by atoms with Crippen LogP contribution in [-0.2, 0) is 15.9 Å². The van der Waals surface area contributed by atoms with Crippen LogP contribution in [0.2, 0.25) is 0 Å². The maximum atomic E-state index is 15.0. The zero-order valence-electron chi connectivity index (χ0n) is 19.1. The summed E-state index contributed by atoms with van der Waals surface area (Å²) in [4.78, 5) is 0. The number of allylic oxidation sites excluding steroid dienone is 2. The van der Waals surface area contributed by atoms with Crippen LogP contribution in [0.25, 0.3) is 22.3 Å². The Hall–Kier alpha value is -2.96. The van der Waals surface area contributed by atoms with Crippen molar-refractivity contribution in [2.24, 2.45) is 0 Å². The van der Waals surface area contributed by atoms with Crippen molar-refractivity contribution in [3.8, 4) is 22.3 Å². The van der Waals surface area contributed by atoms with Gasteiger partial charge in [0.25, 0.3) is 0 Å². The Morgan fingerprint density at radius 2 is 1.32 bits per heavy atom. The van der Waals surface area contributed by atoms with E-state index in [1.807, 2.05) is 13.8 Å². The van der Waals surface area contributed by atoms with Crippen molar-refractivity contribution >= 4 is 0 Å². The molecule has 0 bridgehead atoms. The molecule has 1 aliphatic rings. The van der Waals surface area contributed by atoms with Gasteiger partial charge in [-0.2, -0.15) is 0 Å². The summed E-state index contributed by atoms with van der Waals surface area (Å²) >= 11 is 0. The van der Waals surface area contributed by atoms with Crippen molar-refractivity contribution in [1.29, 1.82) is 0 Å². The Balaban J connectivity index is 1.58. The van der Waals surface area contributed by atoms with Gasteiger partial charge in [0.15, 0.2) is 29.6 Å². The topological polar surface area (TPSA) is 18.5 Å². The lowest BCUT2D eigenvalue weighted by molar-refractivity contribution is -0.187. The summed E-state index contributed by atoms with van der Waals surface area (Å²) in [6, 6.07) is 12.4. The third-order valence-electron chi connectivity index (χ3n) is 6.09. The van der Waals surface area contributed by atoms with E-state index in [-0.39, 0.29) is 47.7 Å². The van der Waals surface area contributed by atoms with Crippen molar-refractivity contribution < 1.29 is 27.0 Å². The Bertz CT molecular complexity index is 1180. The van der Waals surface area contributed by atoms with E-state index < -0.39 is 23.3 Å². The molecular formula is C28H26F4O2. The molecule has 1 saturated heterocycles. The minimum Gasteiger partial charge on any atom is -0.352 e. The summed E-state index contributed by atoms with van der Waals surface area (Å²) in [5.74, 6) is -4.10. The second kappa shape index (κ2) is 10.5. The Morgan fingerprint density at radius 1 is 0.765 bits per heavy atom. The van der Waals surface area contributed by atoms with Crippen molar-refractivity contribution in [2.75, 3.05) is 13.2 Å². The first kappa shape index (κ1) is 24.2. The molecule has 2 nitrogen and oxygen atoms in total. The average molecular weight is 471 g/mol. The van der Waals surface area contributed by atoms with Crippen LogP contribution in [-0.4, -0.2) is 19.5 Å². The molecule has 0 N–H and O–H groups in total. The summed E-state index contributed by atoms with van der Waals surface area (Å²) in [5.41, 5.74) is 1.55. The lowest BCUT2D eigenvalue weighted by Gasteiger charge is -2.29. The lowest BCUT2D eigenvalue weighted by Crippen LogP contribution is -2.30. The number of hydrogen-bond acceptors (Lipinski definition) is 2. The molecule has 0 atom stereocenters. The highest BCUT2D eigenvalue weighted by Crippen LogP contribution is 2.34. The fourth-order valence-electron chi connectivity index (χ4n) is 4.11. The molecule has 1 heterocycles. The average Bonchev–Trinajstić information content (AvgIpc) is 2.87. The zero-order chi connectivity index (χ0) is 24.2. The number of ether oxygens (including phenoxy) is 2. The van der Waals surface area contributed by atoms with Gasteiger partial charge >= 0.3 is 0 Å². The van der Waals surface area contributed by atoms with Crippen molar-refractivity contribution in [1.82, 2.24) is 0 Å². The quantitative estimate of drug-likeness (QED) is 0.273. The van der Waals surface area contributed by atoms with Crippen LogP contribution >= 0.6 is 0 Å². The van der Waals surface area contributed by atoms with Gasteiger partial charge in [-0.25, -0.2) is 17.6 Å². The highest BCUT2D eigenvalue weighted by atomic mass is 19.2. The summed E-state index contributed by atoms with van der Waals surface area (Å²) < 4.78 is 70.0. The van der Waals surface area contributed by atoms with Gasteiger partial charge in [-0.05, 0) is 42.0 Å². The molecule has 6 heteroatoms. The Morgan fingerprint density at radius 3 is 1.88 bits per heavy atom. The monoisotopic (exact) mass is 470 g/mol. The first-order valence-corrected chi connectivity index (χ1v) is 11.3. The number of benzene rings is 3. The van der Waals surface area contributed by atoms with Gasteiger partial charge in [-0.3, -0.25) is 0 Å². The predicted molar refractivity (Wildman–Crippen MR) is 124 cm³/mol. The molecule has 178 valence electrons. The van der Waals surface area contributed by atoms with Gasteiger partial charge in [0.1, 0.15) is 0 Å². The molecule has 3 aromatic carbocycles. The molecule has 0 aliphatic carbocycles. The summed E-state index contributed by atoms with van der Waals surface area (Å²) in [5, 5.41) is 0. The first-order valence-electron chi connectivity index (χ1n) is 11.3. The van der Waals surface area contributed by atoms with E-state index >= 15 is 0 Å². The zero-order valence-corrected chi connectivity index (χ0v) is 19.1. The number of rotatable bonds is 6. The van der Waals surface area contributed by atoms with E-state index in [0.29, 0.717) is 24.0 Å². The van der Waals surface area contributed by atoms with E-state index in [4.69, 9.17) is 9.47 Å². The van der Waals surface area contributed by atoms with Crippen LogP contribution in [0.15, 0.2) is 60.7 Å². The van der Waals surface area contributed by atoms with Crippen LogP contribution in [0.5, 0.6) is 0 Å². The van der Waals surface area contributed by atoms with Gasteiger partial charge in [0.05, 0.1) is 13.2 Å². The smallest absolute Gasteiger partial charge is 0.166 e. The van der Waals surface area contributed by atoms with E-state index in [2.05, 4.69) is 0 Å². The van der Waals surface area contributed by atoms with E-state index in [1.54, 1.807) is 48.6 Å². The molecule has 0 saturated carbocycles. The van der Waals surface area contributed by atoms with Crippen molar-refractivity contribution in [3.05, 3.63) is 95.1 Å². The lowest BCUT2D eigenvalue weighted by atomic mass is 9.94. The SMILES string of the molecule is CC=CCc1ccc(-c2ccc(-c3ccc(C4COC(CC)OC4)c(F)c3F)cc2)c(F)c1F. The minimum absolute atomic E-state index is 0.0882. The molecule has 0 aromatic heterocycles. The highest BCUT2D eigenvalue weighted by Gasteiger charge is 2.27. The molecule has 0 amide bonds. The summed E-state index contributed by atoms with van der Waals surface area (Å²) in [7, 11) is 0. The molecule has 0 spiro atoms. The predicted octanol–water partition coefficient (Wildman–Crippen LogP) is 7.56. The minimum atomic E-state index is -0.964. The molecule has 4 rings (SSSR count). The second-order valence-electron chi connectivity index (χ2n) is 8.28. The second-order valence-corrected chi connectivity index (χ2v) is 8.28. The standard InChI is InChI=1S/C28H26F4O2/c1-3-5-6-19-11-12-21(26(30)25(19)29)17-7-9-18(10-8-17)22-13-14-23(28(32)27(22)31)20-15-33-24(4-2)34-16-20/h3,5,7-14,20,24H,4,6,15-16H2,1-2H3. The fraction of sp³-hybridized carbons (Fsp3) is 0.286. The van der Waals surface area contributed by atoms with Crippen LogP contribution in [0, 0.1) is 23.3 Å². The Kier molecular flexibility index (Phi) is 7.49. The molecule has 0 radical (unpaired) electrons. The van der Waals surface area contributed by atoms with Crippen LogP contribution in [0.3, 0.4) is 0 Å². The third-order valence-corrected chi connectivity index (χ3v) is 6.09. The molecule has 34 heavy (non-hydrogen) atoms. The molecule has 1 aliphatic heterocycles. The third kappa shape index (κ3) is 4.79. The van der Waals surface area contributed by atoms with Crippen molar-refractivity contribution in [2.45, 2.75) is 38.9 Å².